The second-order valence-electron chi connectivity index (χ2n) is 6.16. The first-order valence-electron chi connectivity index (χ1n) is 8.06. The van der Waals surface area contributed by atoms with Crippen LogP contribution in [0.4, 0.5) is 0 Å². The molecule has 0 spiro atoms. The Morgan fingerprint density at radius 1 is 1.30 bits per heavy atom. The van der Waals surface area contributed by atoms with E-state index < -0.39 is 0 Å². The molecule has 0 aliphatic carbocycles. The fraction of sp³-hybridized carbons (Fsp3) is 0.471. The number of hydrogen-bond donors (Lipinski definition) is 1. The van der Waals surface area contributed by atoms with E-state index in [1.807, 2.05) is 19.4 Å². The predicted molar refractivity (Wildman–Crippen MR) is 87.9 cm³/mol. The van der Waals surface area contributed by atoms with Crippen LogP contribution in [-0.2, 0) is 7.05 Å². The zero-order valence-corrected chi connectivity index (χ0v) is 13.6. The number of pyridine rings is 1. The molecular weight excluding hydrogens is 290 g/mol. The fourth-order valence-electron chi connectivity index (χ4n) is 3.07. The third-order valence-electron chi connectivity index (χ3n) is 4.54. The predicted octanol–water partition coefficient (Wildman–Crippen LogP) is 1.77. The summed E-state index contributed by atoms with van der Waals surface area (Å²) >= 11 is 0. The van der Waals surface area contributed by atoms with Crippen LogP contribution in [-0.4, -0.2) is 44.5 Å². The Kier molecular flexibility index (Phi) is 4.71. The van der Waals surface area contributed by atoms with Gasteiger partial charge < -0.3 is 9.88 Å². The number of carbonyl (C=O) groups excluding carboxylic acids is 1. The zero-order valence-electron chi connectivity index (χ0n) is 13.6. The van der Waals surface area contributed by atoms with Gasteiger partial charge in [0.1, 0.15) is 5.69 Å². The summed E-state index contributed by atoms with van der Waals surface area (Å²) in [6.07, 6.45) is 9.00. The summed E-state index contributed by atoms with van der Waals surface area (Å²) in [5.74, 6) is -0.0776. The van der Waals surface area contributed by atoms with Gasteiger partial charge in [0.05, 0.1) is 6.33 Å². The van der Waals surface area contributed by atoms with E-state index >= 15 is 0 Å². The molecule has 122 valence electrons. The number of nitrogens with one attached hydrogen (secondary N) is 1. The van der Waals surface area contributed by atoms with Gasteiger partial charge in [0.25, 0.3) is 5.91 Å². The van der Waals surface area contributed by atoms with Gasteiger partial charge in [0.15, 0.2) is 0 Å². The Bertz CT molecular complexity index is 646. The maximum Gasteiger partial charge on any atom is 0.271 e. The largest absolute Gasteiger partial charge is 0.348 e. The van der Waals surface area contributed by atoms with E-state index in [2.05, 4.69) is 39.2 Å². The number of rotatable bonds is 4. The molecule has 2 aromatic rings. The number of imidazole rings is 1. The Morgan fingerprint density at radius 3 is 2.61 bits per heavy atom. The van der Waals surface area contributed by atoms with Gasteiger partial charge in [-0.1, -0.05) is 0 Å². The molecule has 0 radical (unpaired) electrons. The first-order valence-corrected chi connectivity index (χ1v) is 8.06. The first-order chi connectivity index (χ1) is 11.1. The van der Waals surface area contributed by atoms with Crippen LogP contribution in [0.2, 0.25) is 0 Å². The molecule has 0 bridgehead atoms. The minimum absolute atomic E-state index is 0.0776. The lowest BCUT2D eigenvalue weighted by Gasteiger charge is -2.36. The molecule has 1 atom stereocenters. The Labute approximate surface area is 136 Å². The lowest BCUT2D eigenvalue weighted by molar-refractivity contribution is 0.0891. The van der Waals surface area contributed by atoms with E-state index in [1.54, 1.807) is 17.1 Å². The van der Waals surface area contributed by atoms with Crippen molar-refractivity contribution in [1.29, 1.82) is 0 Å². The molecular formula is C17H23N5O. The van der Waals surface area contributed by atoms with Crippen molar-refractivity contribution in [2.75, 3.05) is 13.1 Å². The standard InChI is InChI=1S/C17H23N5O/c1-13(14-3-7-18-8-4-14)22-9-5-15(6-10-22)20-17(23)16-11-21(2)12-19-16/h3-4,7-8,11-13,15H,5-6,9-10H2,1-2H3,(H,20,23). The molecule has 3 heterocycles. The van der Waals surface area contributed by atoms with Crippen molar-refractivity contribution < 1.29 is 4.79 Å². The molecule has 1 fully saturated rings. The van der Waals surface area contributed by atoms with Gasteiger partial charge in [-0.15, -0.1) is 0 Å². The summed E-state index contributed by atoms with van der Waals surface area (Å²) in [5, 5.41) is 3.10. The number of aryl methyl sites for hydroxylation is 1. The number of carbonyl (C=O) groups is 1. The second-order valence-corrected chi connectivity index (χ2v) is 6.16. The van der Waals surface area contributed by atoms with Gasteiger partial charge >= 0.3 is 0 Å². The Balaban J connectivity index is 1.51. The van der Waals surface area contributed by atoms with Crippen LogP contribution in [0, 0.1) is 0 Å². The first kappa shape index (κ1) is 15.7. The third kappa shape index (κ3) is 3.76. The number of likely N-dealkylation sites (tertiary alicyclic amines) is 1. The topological polar surface area (TPSA) is 63.1 Å². The van der Waals surface area contributed by atoms with Gasteiger partial charge in [0.2, 0.25) is 0 Å². The summed E-state index contributed by atoms with van der Waals surface area (Å²) in [6.45, 7) is 4.19. The van der Waals surface area contributed by atoms with Crippen LogP contribution >= 0.6 is 0 Å². The highest BCUT2D eigenvalue weighted by Crippen LogP contribution is 2.23. The number of nitrogens with zero attached hydrogens (tertiary/aromatic N) is 4. The number of piperidine rings is 1. The van der Waals surface area contributed by atoms with Crippen LogP contribution in [0.5, 0.6) is 0 Å². The van der Waals surface area contributed by atoms with Gasteiger partial charge in [-0.25, -0.2) is 4.98 Å². The summed E-state index contributed by atoms with van der Waals surface area (Å²) in [4.78, 5) is 22.8. The van der Waals surface area contributed by atoms with Crippen LogP contribution in [0.15, 0.2) is 37.1 Å². The van der Waals surface area contributed by atoms with Crippen molar-refractivity contribution in [2.45, 2.75) is 31.8 Å². The summed E-state index contributed by atoms with van der Waals surface area (Å²) in [6, 6.07) is 4.75. The van der Waals surface area contributed by atoms with Crippen molar-refractivity contribution in [2.24, 2.45) is 7.05 Å². The molecule has 2 aromatic heterocycles. The molecule has 0 aromatic carbocycles. The van der Waals surface area contributed by atoms with Crippen molar-refractivity contribution >= 4 is 5.91 Å². The summed E-state index contributed by atoms with van der Waals surface area (Å²) in [5.41, 5.74) is 1.77. The number of aromatic nitrogens is 3. The van der Waals surface area contributed by atoms with E-state index in [1.165, 1.54) is 5.56 Å². The van der Waals surface area contributed by atoms with E-state index in [4.69, 9.17) is 0 Å². The van der Waals surface area contributed by atoms with Gasteiger partial charge in [-0.05, 0) is 37.5 Å². The van der Waals surface area contributed by atoms with E-state index in [0.29, 0.717) is 11.7 Å². The van der Waals surface area contributed by atoms with E-state index in [9.17, 15) is 4.79 Å². The molecule has 3 rings (SSSR count). The number of hydrogen-bond acceptors (Lipinski definition) is 4. The lowest BCUT2D eigenvalue weighted by Crippen LogP contribution is -2.45. The molecule has 6 heteroatoms. The van der Waals surface area contributed by atoms with Crippen molar-refractivity contribution in [1.82, 2.24) is 24.8 Å². The van der Waals surface area contributed by atoms with E-state index in [-0.39, 0.29) is 11.9 Å². The Hall–Kier alpha value is -2.21. The van der Waals surface area contributed by atoms with Crippen molar-refractivity contribution in [3.63, 3.8) is 0 Å². The molecule has 1 aliphatic heterocycles. The van der Waals surface area contributed by atoms with Crippen LogP contribution < -0.4 is 5.32 Å². The van der Waals surface area contributed by atoms with Crippen molar-refractivity contribution in [3.05, 3.63) is 48.3 Å². The quantitative estimate of drug-likeness (QED) is 0.934. The SMILES string of the molecule is CC(c1ccncc1)N1CCC(NC(=O)c2cn(C)cn2)CC1. The molecule has 1 unspecified atom stereocenters. The highest BCUT2D eigenvalue weighted by molar-refractivity contribution is 5.92. The molecule has 6 nitrogen and oxygen atoms in total. The molecule has 23 heavy (non-hydrogen) atoms. The van der Waals surface area contributed by atoms with Crippen molar-refractivity contribution in [3.8, 4) is 0 Å². The smallest absolute Gasteiger partial charge is 0.271 e. The normalized spacial score (nSPS) is 17.8. The monoisotopic (exact) mass is 313 g/mol. The second kappa shape index (κ2) is 6.91. The van der Waals surface area contributed by atoms with Gasteiger partial charge in [0, 0.05) is 50.8 Å². The van der Waals surface area contributed by atoms with Crippen LogP contribution in [0.25, 0.3) is 0 Å². The van der Waals surface area contributed by atoms with E-state index in [0.717, 1.165) is 25.9 Å². The summed E-state index contributed by atoms with van der Waals surface area (Å²) in [7, 11) is 1.86. The van der Waals surface area contributed by atoms with Gasteiger partial charge in [-0.2, -0.15) is 0 Å². The molecule has 1 saturated heterocycles. The fourth-order valence-corrected chi connectivity index (χ4v) is 3.07. The minimum atomic E-state index is -0.0776. The molecule has 1 aliphatic rings. The maximum atomic E-state index is 12.2. The van der Waals surface area contributed by atoms with Gasteiger partial charge in [-0.3, -0.25) is 14.7 Å². The molecule has 1 N–H and O–H groups in total. The van der Waals surface area contributed by atoms with Crippen LogP contribution in [0.1, 0.15) is 41.9 Å². The Morgan fingerprint density at radius 2 is 2.00 bits per heavy atom. The maximum absolute atomic E-state index is 12.2. The highest BCUT2D eigenvalue weighted by Gasteiger charge is 2.25. The van der Waals surface area contributed by atoms with Crippen LogP contribution in [0.3, 0.4) is 0 Å². The third-order valence-corrected chi connectivity index (χ3v) is 4.54. The average Bonchev–Trinajstić information content (AvgIpc) is 3.02. The minimum Gasteiger partial charge on any atom is -0.348 e. The summed E-state index contributed by atoms with van der Waals surface area (Å²) < 4.78 is 1.79. The zero-order chi connectivity index (χ0) is 16.2. The molecule has 1 amide bonds. The lowest BCUT2D eigenvalue weighted by atomic mass is 10.0. The molecule has 0 saturated carbocycles. The highest BCUT2D eigenvalue weighted by atomic mass is 16.2. The number of amides is 1. The average molecular weight is 313 g/mol.